The molecule has 3 rings (SSSR count). The fourth-order valence-electron chi connectivity index (χ4n) is 3.18. The molecule has 4 nitrogen and oxygen atoms in total. The van der Waals surface area contributed by atoms with Crippen LogP contribution in [0.1, 0.15) is 34.6 Å². The van der Waals surface area contributed by atoms with Gasteiger partial charge in [-0.15, -0.1) is 0 Å². The molecule has 3 aromatic carbocycles. The number of hydrogen-bond acceptors (Lipinski definition) is 4. The maximum Gasteiger partial charge on any atom is 0.338 e. The van der Waals surface area contributed by atoms with E-state index in [-0.39, 0.29) is 13.2 Å². The summed E-state index contributed by atoms with van der Waals surface area (Å²) in [5.74, 6) is -0.977. The van der Waals surface area contributed by atoms with Crippen molar-refractivity contribution in [2.45, 2.75) is 13.8 Å². The molecule has 0 aliphatic heterocycles. The Morgan fingerprint density at radius 1 is 0.767 bits per heavy atom. The van der Waals surface area contributed by atoms with E-state index in [4.69, 9.17) is 9.47 Å². The Morgan fingerprint density at radius 3 is 1.93 bits per heavy atom. The first-order valence-electron chi connectivity index (χ1n) is 9.48. The molecular formula is C24H20Br2O4. The summed E-state index contributed by atoms with van der Waals surface area (Å²) in [6, 6.07) is 18.7. The highest BCUT2D eigenvalue weighted by Crippen LogP contribution is 2.38. The van der Waals surface area contributed by atoms with E-state index >= 15 is 0 Å². The largest absolute Gasteiger partial charge is 0.462 e. The molecule has 6 heteroatoms. The van der Waals surface area contributed by atoms with Gasteiger partial charge in [0.25, 0.3) is 0 Å². The van der Waals surface area contributed by atoms with Gasteiger partial charge in [0.05, 0.1) is 24.3 Å². The number of ether oxygens (including phenoxy) is 2. The SMILES string of the molecule is CCOC(=O)c1cc(C(=O)OCC)c(-c2cccc(Br)c2)c(-c2cccc(Br)c2)c1. The lowest BCUT2D eigenvalue weighted by Gasteiger charge is -2.17. The predicted molar refractivity (Wildman–Crippen MR) is 125 cm³/mol. The third-order valence-corrected chi connectivity index (χ3v) is 5.38. The molecule has 3 aromatic rings. The number of benzene rings is 3. The van der Waals surface area contributed by atoms with Gasteiger partial charge in [-0.25, -0.2) is 9.59 Å². The van der Waals surface area contributed by atoms with Crippen LogP contribution < -0.4 is 0 Å². The van der Waals surface area contributed by atoms with Crippen LogP contribution in [-0.4, -0.2) is 25.2 Å². The molecule has 0 aromatic heterocycles. The van der Waals surface area contributed by atoms with E-state index in [1.165, 1.54) is 0 Å². The summed E-state index contributed by atoms with van der Waals surface area (Å²) < 4.78 is 12.3. The molecule has 0 saturated carbocycles. The number of halogens is 2. The van der Waals surface area contributed by atoms with Crippen LogP contribution in [0.15, 0.2) is 69.6 Å². The minimum Gasteiger partial charge on any atom is -0.462 e. The Hall–Kier alpha value is -2.44. The summed E-state index contributed by atoms with van der Waals surface area (Å²) in [5.41, 5.74) is 3.74. The highest BCUT2D eigenvalue weighted by Gasteiger charge is 2.23. The van der Waals surface area contributed by atoms with E-state index in [2.05, 4.69) is 31.9 Å². The molecule has 0 aliphatic rings. The molecule has 0 bridgehead atoms. The molecule has 0 N–H and O–H groups in total. The lowest BCUT2D eigenvalue weighted by atomic mass is 9.88. The van der Waals surface area contributed by atoms with Crippen LogP contribution in [0.2, 0.25) is 0 Å². The van der Waals surface area contributed by atoms with Crippen molar-refractivity contribution < 1.29 is 19.1 Å². The maximum atomic E-state index is 12.9. The fraction of sp³-hybridized carbons (Fsp3) is 0.167. The first kappa shape index (κ1) is 22.2. The van der Waals surface area contributed by atoms with Crippen LogP contribution in [0.25, 0.3) is 22.3 Å². The Balaban J connectivity index is 2.38. The van der Waals surface area contributed by atoms with Gasteiger partial charge >= 0.3 is 11.9 Å². The molecule has 0 unspecified atom stereocenters. The van der Waals surface area contributed by atoms with Crippen LogP contribution in [0, 0.1) is 0 Å². The average molecular weight is 532 g/mol. The van der Waals surface area contributed by atoms with Gasteiger partial charge in [0.2, 0.25) is 0 Å². The van der Waals surface area contributed by atoms with E-state index in [0.29, 0.717) is 16.7 Å². The molecular weight excluding hydrogens is 512 g/mol. The van der Waals surface area contributed by atoms with Crippen molar-refractivity contribution in [1.82, 2.24) is 0 Å². The second kappa shape index (κ2) is 10.0. The van der Waals surface area contributed by atoms with Crippen molar-refractivity contribution in [1.29, 1.82) is 0 Å². The quantitative estimate of drug-likeness (QED) is 0.325. The van der Waals surface area contributed by atoms with Gasteiger partial charge in [0.15, 0.2) is 0 Å². The highest BCUT2D eigenvalue weighted by molar-refractivity contribution is 9.10. The van der Waals surface area contributed by atoms with Gasteiger partial charge in [-0.1, -0.05) is 56.1 Å². The third kappa shape index (κ3) is 4.99. The van der Waals surface area contributed by atoms with Crippen molar-refractivity contribution in [2.24, 2.45) is 0 Å². The smallest absolute Gasteiger partial charge is 0.338 e. The summed E-state index contributed by atoms with van der Waals surface area (Å²) in [4.78, 5) is 25.5. The zero-order chi connectivity index (χ0) is 21.7. The predicted octanol–water partition coefficient (Wildman–Crippen LogP) is 6.90. The highest BCUT2D eigenvalue weighted by atomic mass is 79.9. The van der Waals surface area contributed by atoms with Crippen molar-refractivity contribution in [3.05, 3.63) is 80.7 Å². The van der Waals surface area contributed by atoms with Crippen molar-refractivity contribution in [3.63, 3.8) is 0 Å². The minimum atomic E-state index is -0.491. The van der Waals surface area contributed by atoms with Gasteiger partial charge in [0, 0.05) is 14.5 Å². The topological polar surface area (TPSA) is 52.6 Å². The normalized spacial score (nSPS) is 10.5. The Labute approximate surface area is 192 Å². The zero-order valence-corrected chi connectivity index (χ0v) is 19.7. The van der Waals surface area contributed by atoms with Gasteiger partial charge in [-0.3, -0.25) is 0 Å². The third-order valence-electron chi connectivity index (χ3n) is 4.39. The van der Waals surface area contributed by atoms with Gasteiger partial charge in [-0.05, 0) is 66.9 Å². The standard InChI is InChI=1S/C24H20Br2O4/c1-3-29-23(27)17-13-20(15-7-5-9-18(25)11-15)22(16-8-6-10-19(26)12-16)21(14-17)24(28)30-4-2/h5-14H,3-4H2,1-2H3. The zero-order valence-electron chi connectivity index (χ0n) is 16.6. The average Bonchev–Trinajstić information content (AvgIpc) is 2.73. The summed E-state index contributed by atoms with van der Waals surface area (Å²) in [7, 11) is 0. The molecule has 0 amide bonds. The molecule has 0 aliphatic carbocycles. The van der Waals surface area contributed by atoms with Crippen LogP contribution in [0.5, 0.6) is 0 Å². The lowest BCUT2D eigenvalue weighted by Crippen LogP contribution is -2.12. The second-order valence-corrected chi connectivity index (χ2v) is 8.24. The fourth-order valence-corrected chi connectivity index (χ4v) is 3.98. The molecule has 0 saturated heterocycles. The van der Waals surface area contributed by atoms with Crippen molar-refractivity contribution in [3.8, 4) is 22.3 Å². The van der Waals surface area contributed by atoms with E-state index < -0.39 is 11.9 Å². The van der Waals surface area contributed by atoms with E-state index in [1.54, 1.807) is 26.0 Å². The molecule has 154 valence electrons. The number of hydrogen-bond donors (Lipinski definition) is 0. The van der Waals surface area contributed by atoms with Crippen LogP contribution in [0.4, 0.5) is 0 Å². The number of rotatable bonds is 6. The number of esters is 2. The number of carbonyl (C=O) groups excluding carboxylic acids is 2. The second-order valence-electron chi connectivity index (χ2n) is 6.41. The maximum absolute atomic E-state index is 12.9. The van der Waals surface area contributed by atoms with E-state index in [0.717, 1.165) is 25.6 Å². The van der Waals surface area contributed by atoms with Gasteiger partial charge in [-0.2, -0.15) is 0 Å². The monoisotopic (exact) mass is 530 g/mol. The molecule has 30 heavy (non-hydrogen) atoms. The van der Waals surface area contributed by atoms with Crippen LogP contribution >= 0.6 is 31.9 Å². The Bertz CT molecular complexity index is 1090. The summed E-state index contributed by atoms with van der Waals surface area (Å²) in [5, 5.41) is 0. The number of carbonyl (C=O) groups is 2. The molecule has 0 radical (unpaired) electrons. The van der Waals surface area contributed by atoms with E-state index in [1.807, 2.05) is 48.5 Å². The summed E-state index contributed by atoms with van der Waals surface area (Å²) in [6.07, 6.45) is 0. The minimum absolute atomic E-state index is 0.229. The van der Waals surface area contributed by atoms with Gasteiger partial charge < -0.3 is 9.47 Å². The first-order valence-corrected chi connectivity index (χ1v) is 11.1. The molecule has 0 fully saturated rings. The van der Waals surface area contributed by atoms with Crippen molar-refractivity contribution >= 4 is 43.8 Å². The van der Waals surface area contributed by atoms with Crippen LogP contribution in [-0.2, 0) is 9.47 Å². The Morgan fingerprint density at radius 2 is 1.33 bits per heavy atom. The first-order chi connectivity index (χ1) is 14.4. The van der Waals surface area contributed by atoms with Gasteiger partial charge in [0.1, 0.15) is 0 Å². The van der Waals surface area contributed by atoms with Crippen LogP contribution in [0.3, 0.4) is 0 Å². The molecule has 0 spiro atoms. The summed E-state index contributed by atoms with van der Waals surface area (Å²) in [6.45, 7) is 3.97. The Kier molecular flexibility index (Phi) is 7.45. The lowest BCUT2D eigenvalue weighted by molar-refractivity contribution is 0.0526. The van der Waals surface area contributed by atoms with Crippen molar-refractivity contribution in [2.75, 3.05) is 13.2 Å². The van der Waals surface area contributed by atoms with E-state index in [9.17, 15) is 9.59 Å². The molecule has 0 heterocycles. The molecule has 0 atom stereocenters. The summed E-state index contributed by atoms with van der Waals surface area (Å²) >= 11 is 7.01.